The zero-order chi connectivity index (χ0) is 20.4. The van der Waals surface area contributed by atoms with Gasteiger partial charge in [-0.2, -0.15) is 0 Å². The van der Waals surface area contributed by atoms with E-state index in [1.807, 2.05) is 48.6 Å². The fourth-order valence-corrected chi connectivity index (χ4v) is 5.13. The lowest BCUT2D eigenvalue weighted by Crippen LogP contribution is -2.24. The Hall–Kier alpha value is -1.95. The van der Waals surface area contributed by atoms with Gasteiger partial charge in [-0.1, -0.05) is 60.7 Å². The Kier molecular flexibility index (Phi) is 8.47. The average molecular weight is 415 g/mol. The molecule has 0 amide bonds. The molecular weight excluding hydrogens is 384 g/mol. The van der Waals surface area contributed by atoms with Crippen LogP contribution in [0.3, 0.4) is 0 Å². The molecular formula is C24H30O4S. The number of hydrogen-bond acceptors (Lipinski definition) is 4. The summed E-state index contributed by atoms with van der Waals surface area (Å²) in [6.07, 6.45) is 8.71. The molecule has 1 heterocycles. The number of sulfone groups is 1. The van der Waals surface area contributed by atoms with Gasteiger partial charge in [-0.3, -0.25) is 0 Å². The number of rotatable bonds is 10. The van der Waals surface area contributed by atoms with E-state index < -0.39 is 15.1 Å². The van der Waals surface area contributed by atoms with Crippen molar-refractivity contribution in [3.63, 3.8) is 0 Å². The summed E-state index contributed by atoms with van der Waals surface area (Å²) in [5, 5.41) is -0.565. The fraction of sp³-hybridized carbons (Fsp3) is 0.417. The molecule has 3 rings (SSSR count). The summed E-state index contributed by atoms with van der Waals surface area (Å²) in [6, 6.07) is 18.7. The average Bonchev–Trinajstić information content (AvgIpc) is 2.77. The van der Waals surface area contributed by atoms with Crippen LogP contribution in [0, 0.1) is 0 Å². The van der Waals surface area contributed by atoms with Gasteiger partial charge in [-0.25, -0.2) is 8.42 Å². The molecule has 0 spiro atoms. The molecule has 2 atom stereocenters. The van der Waals surface area contributed by atoms with E-state index in [0.29, 0.717) is 30.8 Å². The lowest BCUT2D eigenvalue weighted by atomic mass is 10.1. The molecule has 0 N–H and O–H groups in total. The van der Waals surface area contributed by atoms with Crippen LogP contribution in [-0.2, 0) is 25.7 Å². The second-order valence-electron chi connectivity index (χ2n) is 7.32. The summed E-state index contributed by atoms with van der Waals surface area (Å²) in [5.41, 5.74) is 1.16. The van der Waals surface area contributed by atoms with Gasteiger partial charge in [0.25, 0.3) is 0 Å². The predicted molar refractivity (Wildman–Crippen MR) is 115 cm³/mol. The molecule has 0 bridgehead atoms. The van der Waals surface area contributed by atoms with Crippen LogP contribution in [0.4, 0.5) is 0 Å². The van der Waals surface area contributed by atoms with Crippen molar-refractivity contribution in [1.82, 2.24) is 0 Å². The van der Waals surface area contributed by atoms with Crippen LogP contribution in [0.5, 0.6) is 0 Å². The summed E-state index contributed by atoms with van der Waals surface area (Å²) in [7, 11) is -3.43. The van der Waals surface area contributed by atoms with Gasteiger partial charge in [0.2, 0.25) is 0 Å². The maximum Gasteiger partial charge on any atom is 0.184 e. The van der Waals surface area contributed by atoms with E-state index >= 15 is 0 Å². The van der Waals surface area contributed by atoms with Crippen molar-refractivity contribution in [3.05, 3.63) is 78.4 Å². The first kappa shape index (κ1) is 21.8. The molecule has 2 unspecified atom stereocenters. The zero-order valence-corrected chi connectivity index (χ0v) is 17.6. The number of allylic oxidation sites excluding steroid dienone is 1. The molecule has 0 radical (unpaired) electrons. The molecule has 2 aromatic carbocycles. The van der Waals surface area contributed by atoms with E-state index in [9.17, 15) is 8.42 Å². The van der Waals surface area contributed by atoms with Crippen LogP contribution in [0.25, 0.3) is 0 Å². The Morgan fingerprint density at radius 1 is 1.03 bits per heavy atom. The summed E-state index contributed by atoms with van der Waals surface area (Å²) in [4.78, 5) is 0.367. The topological polar surface area (TPSA) is 52.6 Å². The lowest BCUT2D eigenvalue weighted by Gasteiger charge is -2.23. The van der Waals surface area contributed by atoms with Gasteiger partial charge in [0.15, 0.2) is 16.1 Å². The molecule has 1 aliphatic rings. The van der Waals surface area contributed by atoms with Crippen LogP contribution in [0.1, 0.15) is 37.7 Å². The Morgan fingerprint density at radius 2 is 1.76 bits per heavy atom. The molecule has 29 heavy (non-hydrogen) atoms. The van der Waals surface area contributed by atoms with E-state index in [1.165, 1.54) is 0 Å². The van der Waals surface area contributed by atoms with Crippen LogP contribution < -0.4 is 0 Å². The lowest BCUT2D eigenvalue weighted by molar-refractivity contribution is -0.162. The number of ether oxygens (including phenoxy) is 2. The van der Waals surface area contributed by atoms with Gasteiger partial charge in [0, 0.05) is 13.2 Å². The van der Waals surface area contributed by atoms with Gasteiger partial charge >= 0.3 is 0 Å². The normalized spacial score (nSPS) is 18.7. The highest BCUT2D eigenvalue weighted by Crippen LogP contribution is 2.21. The van der Waals surface area contributed by atoms with Crippen molar-refractivity contribution in [2.45, 2.75) is 55.0 Å². The summed E-state index contributed by atoms with van der Waals surface area (Å²) in [5.74, 6) is 0. The number of hydrogen-bond donors (Lipinski definition) is 0. The molecule has 156 valence electrons. The van der Waals surface area contributed by atoms with Gasteiger partial charge in [-0.15, -0.1) is 0 Å². The standard InChI is InChI=1S/C24H30O4S/c25-29(26,22-14-5-2-6-15-22)23(16-9-13-21-11-3-1-4-12-21)17-10-20-28-24-18-7-8-19-27-24/h1-6,9,11-12,14-16,23-24H,7-8,10,13,17-20H2/b16-9+. The van der Waals surface area contributed by atoms with Crippen LogP contribution in [0.15, 0.2) is 77.7 Å². The minimum atomic E-state index is -3.43. The molecule has 2 aromatic rings. The van der Waals surface area contributed by atoms with Crippen molar-refractivity contribution in [1.29, 1.82) is 0 Å². The van der Waals surface area contributed by atoms with Crippen LogP contribution in [-0.4, -0.2) is 33.2 Å². The molecule has 0 aliphatic carbocycles. The third-order valence-electron chi connectivity index (χ3n) is 5.09. The van der Waals surface area contributed by atoms with E-state index in [1.54, 1.807) is 24.3 Å². The van der Waals surface area contributed by atoms with Crippen molar-refractivity contribution < 1.29 is 17.9 Å². The van der Waals surface area contributed by atoms with E-state index in [2.05, 4.69) is 0 Å². The smallest absolute Gasteiger partial charge is 0.184 e. The maximum absolute atomic E-state index is 13.2. The Balaban J connectivity index is 1.62. The number of benzene rings is 2. The second-order valence-corrected chi connectivity index (χ2v) is 9.49. The third-order valence-corrected chi connectivity index (χ3v) is 7.21. The summed E-state index contributed by atoms with van der Waals surface area (Å²) >= 11 is 0. The van der Waals surface area contributed by atoms with Crippen LogP contribution in [0.2, 0.25) is 0 Å². The van der Waals surface area contributed by atoms with Gasteiger partial charge in [0.05, 0.1) is 10.1 Å². The van der Waals surface area contributed by atoms with Gasteiger partial charge in [0.1, 0.15) is 0 Å². The summed E-state index contributed by atoms with van der Waals surface area (Å²) < 4.78 is 37.7. The van der Waals surface area contributed by atoms with Gasteiger partial charge in [-0.05, 0) is 56.2 Å². The molecule has 0 saturated carbocycles. The Morgan fingerprint density at radius 3 is 2.45 bits per heavy atom. The minimum absolute atomic E-state index is 0.137. The highest BCUT2D eigenvalue weighted by Gasteiger charge is 2.25. The second kappa shape index (κ2) is 11.3. The highest BCUT2D eigenvalue weighted by molar-refractivity contribution is 7.92. The predicted octanol–water partition coefficient (Wildman–Crippen LogP) is 4.95. The maximum atomic E-state index is 13.2. The molecule has 4 nitrogen and oxygen atoms in total. The van der Waals surface area contributed by atoms with Crippen molar-refractivity contribution in [2.75, 3.05) is 13.2 Å². The fourth-order valence-electron chi connectivity index (χ4n) is 3.45. The van der Waals surface area contributed by atoms with E-state index in [-0.39, 0.29) is 6.29 Å². The Bertz CT molecular complexity index is 841. The van der Waals surface area contributed by atoms with Crippen molar-refractivity contribution in [2.24, 2.45) is 0 Å². The molecule has 0 aromatic heterocycles. The highest BCUT2D eigenvalue weighted by atomic mass is 32.2. The largest absolute Gasteiger partial charge is 0.353 e. The quantitative estimate of drug-likeness (QED) is 0.408. The Labute approximate surface area is 174 Å². The van der Waals surface area contributed by atoms with Gasteiger partial charge < -0.3 is 9.47 Å². The molecule has 1 fully saturated rings. The van der Waals surface area contributed by atoms with Crippen molar-refractivity contribution >= 4 is 9.84 Å². The molecule has 1 aliphatic heterocycles. The SMILES string of the molecule is O=S(=O)(c1ccccc1)C(/C=C/Cc1ccccc1)CCCOC1CCCCO1. The van der Waals surface area contributed by atoms with Crippen molar-refractivity contribution in [3.8, 4) is 0 Å². The molecule has 5 heteroatoms. The first-order valence-electron chi connectivity index (χ1n) is 10.4. The van der Waals surface area contributed by atoms with Crippen LogP contribution >= 0.6 is 0 Å². The minimum Gasteiger partial charge on any atom is -0.353 e. The van der Waals surface area contributed by atoms with E-state index in [0.717, 1.165) is 31.4 Å². The third kappa shape index (κ3) is 6.81. The first-order valence-corrected chi connectivity index (χ1v) is 11.9. The molecule has 1 saturated heterocycles. The monoisotopic (exact) mass is 414 g/mol. The van der Waals surface area contributed by atoms with E-state index in [4.69, 9.17) is 9.47 Å². The zero-order valence-electron chi connectivity index (χ0n) is 16.8. The first-order chi connectivity index (χ1) is 14.2. The summed E-state index contributed by atoms with van der Waals surface area (Å²) in [6.45, 7) is 1.26.